The second-order valence-electron chi connectivity index (χ2n) is 5.93. The molecule has 0 unspecified atom stereocenters. The lowest BCUT2D eigenvalue weighted by Crippen LogP contribution is -1.87. The van der Waals surface area contributed by atoms with E-state index in [2.05, 4.69) is 86.7 Å². The van der Waals surface area contributed by atoms with Crippen LogP contribution in [0, 0.1) is 6.92 Å². The molecular formula is C25H27Cl. The molecule has 3 aromatic rings. The smallest absolute Gasteiger partial charge is 0.0481 e. The van der Waals surface area contributed by atoms with E-state index < -0.39 is 0 Å². The standard InChI is InChI=1S/C23H21Cl.C2H6/c1-3-18-12-13-21(23(24)16-18)15-14-19-10-7-11-22(17(19)2)20-8-5-4-6-9-20;1-2/h4-16H,3H2,1-2H3;1-2H3/b15-14+;. The van der Waals surface area contributed by atoms with Gasteiger partial charge in [-0.15, -0.1) is 0 Å². The Morgan fingerprint density at radius 1 is 0.808 bits per heavy atom. The number of rotatable bonds is 4. The Bertz CT molecular complexity index is 861. The van der Waals surface area contributed by atoms with Crippen molar-refractivity contribution in [2.75, 3.05) is 0 Å². The average molecular weight is 363 g/mol. The molecule has 0 aromatic heterocycles. The fraction of sp³-hybridized carbons (Fsp3) is 0.200. The van der Waals surface area contributed by atoms with Crippen molar-refractivity contribution in [1.82, 2.24) is 0 Å². The van der Waals surface area contributed by atoms with Crippen molar-refractivity contribution >= 4 is 23.8 Å². The molecule has 0 aliphatic rings. The number of hydrogen-bond donors (Lipinski definition) is 0. The second kappa shape index (κ2) is 9.99. The molecule has 0 saturated carbocycles. The highest BCUT2D eigenvalue weighted by Gasteiger charge is 2.04. The molecule has 1 heteroatoms. The first-order valence-electron chi connectivity index (χ1n) is 9.30. The van der Waals surface area contributed by atoms with Crippen LogP contribution in [0.2, 0.25) is 5.02 Å². The monoisotopic (exact) mass is 362 g/mol. The van der Waals surface area contributed by atoms with Gasteiger partial charge < -0.3 is 0 Å². The zero-order chi connectivity index (χ0) is 18.9. The van der Waals surface area contributed by atoms with Crippen LogP contribution in [0.1, 0.15) is 43.0 Å². The maximum Gasteiger partial charge on any atom is 0.0481 e. The van der Waals surface area contributed by atoms with Crippen molar-refractivity contribution in [2.45, 2.75) is 34.1 Å². The highest BCUT2D eigenvalue weighted by molar-refractivity contribution is 6.32. The van der Waals surface area contributed by atoms with Crippen molar-refractivity contribution in [3.63, 3.8) is 0 Å². The minimum absolute atomic E-state index is 0.808. The van der Waals surface area contributed by atoms with E-state index in [0.717, 1.165) is 17.0 Å². The van der Waals surface area contributed by atoms with Crippen LogP contribution in [-0.4, -0.2) is 0 Å². The van der Waals surface area contributed by atoms with Crippen molar-refractivity contribution < 1.29 is 0 Å². The summed E-state index contributed by atoms with van der Waals surface area (Å²) >= 11 is 6.39. The fourth-order valence-electron chi connectivity index (χ4n) is 2.87. The summed E-state index contributed by atoms with van der Waals surface area (Å²) in [6, 6.07) is 23.2. The molecule has 0 heterocycles. The van der Waals surface area contributed by atoms with Gasteiger partial charge in [0.05, 0.1) is 0 Å². The summed E-state index contributed by atoms with van der Waals surface area (Å²) in [4.78, 5) is 0. The molecule has 0 aliphatic heterocycles. The van der Waals surface area contributed by atoms with Gasteiger partial charge in [-0.2, -0.15) is 0 Å². The zero-order valence-electron chi connectivity index (χ0n) is 16.1. The molecule has 0 nitrogen and oxygen atoms in total. The summed E-state index contributed by atoms with van der Waals surface area (Å²) in [5, 5.41) is 0.808. The highest BCUT2D eigenvalue weighted by Crippen LogP contribution is 2.27. The van der Waals surface area contributed by atoms with Crippen molar-refractivity contribution in [3.05, 3.63) is 94.0 Å². The quantitative estimate of drug-likeness (QED) is 0.411. The van der Waals surface area contributed by atoms with Gasteiger partial charge in [0.2, 0.25) is 0 Å². The Hall–Kier alpha value is -2.31. The van der Waals surface area contributed by atoms with Gasteiger partial charge in [0.15, 0.2) is 0 Å². The van der Waals surface area contributed by atoms with Crippen molar-refractivity contribution in [2.24, 2.45) is 0 Å². The lowest BCUT2D eigenvalue weighted by Gasteiger charge is -2.09. The SMILES string of the molecule is CC.CCc1ccc(/C=C/c2cccc(-c3ccccc3)c2C)c(Cl)c1. The molecule has 3 rings (SSSR count). The van der Waals surface area contributed by atoms with Gasteiger partial charge in [-0.05, 0) is 52.8 Å². The van der Waals surface area contributed by atoms with Crippen LogP contribution in [0.15, 0.2) is 66.7 Å². The van der Waals surface area contributed by atoms with E-state index in [4.69, 9.17) is 11.6 Å². The van der Waals surface area contributed by atoms with Crippen molar-refractivity contribution in [1.29, 1.82) is 0 Å². The molecule has 0 spiro atoms. The molecular weight excluding hydrogens is 336 g/mol. The van der Waals surface area contributed by atoms with Crippen LogP contribution < -0.4 is 0 Å². The van der Waals surface area contributed by atoms with Crippen LogP contribution in [0.4, 0.5) is 0 Å². The van der Waals surface area contributed by atoms with Gasteiger partial charge in [0, 0.05) is 5.02 Å². The normalized spacial score (nSPS) is 10.5. The molecule has 3 aromatic carbocycles. The summed E-state index contributed by atoms with van der Waals surface area (Å²) in [5.41, 5.74) is 7.33. The Labute approximate surface area is 163 Å². The fourth-order valence-corrected chi connectivity index (χ4v) is 3.14. The third-order valence-corrected chi connectivity index (χ3v) is 4.70. The largest absolute Gasteiger partial charge is 0.0837 e. The molecule has 0 fully saturated rings. The van der Waals surface area contributed by atoms with Gasteiger partial charge in [-0.25, -0.2) is 0 Å². The number of aryl methyl sites for hydroxylation is 1. The van der Waals surface area contributed by atoms with Crippen LogP contribution in [0.5, 0.6) is 0 Å². The van der Waals surface area contributed by atoms with E-state index in [0.29, 0.717) is 0 Å². The zero-order valence-corrected chi connectivity index (χ0v) is 16.8. The van der Waals surface area contributed by atoms with Gasteiger partial charge in [0.25, 0.3) is 0 Å². The van der Waals surface area contributed by atoms with Gasteiger partial charge in [0.1, 0.15) is 0 Å². The van der Waals surface area contributed by atoms with E-state index >= 15 is 0 Å². The average Bonchev–Trinajstić information content (AvgIpc) is 2.70. The second-order valence-corrected chi connectivity index (χ2v) is 6.34. The van der Waals surface area contributed by atoms with Crippen LogP contribution in [-0.2, 0) is 6.42 Å². The van der Waals surface area contributed by atoms with Gasteiger partial charge in [-0.3, -0.25) is 0 Å². The Morgan fingerprint density at radius 3 is 2.15 bits per heavy atom. The van der Waals surface area contributed by atoms with Crippen LogP contribution in [0.3, 0.4) is 0 Å². The lowest BCUT2D eigenvalue weighted by atomic mass is 9.96. The van der Waals surface area contributed by atoms with E-state index in [-0.39, 0.29) is 0 Å². The van der Waals surface area contributed by atoms with Gasteiger partial charge >= 0.3 is 0 Å². The number of halogens is 1. The van der Waals surface area contributed by atoms with E-state index in [1.54, 1.807) is 0 Å². The number of benzene rings is 3. The molecule has 0 radical (unpaired) electrons. The van der Waals surface area contributed by atoms with E-state index in [1.807, 2.05) is 19.9 Å². The molecule has 0 amide bonds. The predicted octanol–water partition coefficient (Wildman–Crippen LogP) is 8.07. The molecule has 26 heavy (non-hydrogen) atoms. The molecule has 0 bridgehead atoms. The summed E-state index contributed by atoms with van der Waals surface area (Å²) in [5.74, 6) is 0. The lowest BCUT2D eigenvalue weighted by molar-refractivity contribution is 1.14. The summed E-state index contributed by atoms with van der Waals surface area (Å²) in [7, 11) is 0. The Morgan fingerprint density at radius 2 is 1.50 bits per heavy atom. The highest BCUT2D eigenvalue weighted by atomic mass is 35.5. The first kappa shape index (κ1) is 20.0. The summed E-state index contributed by atoms with van der Waals surface area (Å²) in [6.07, 6.45) is 5.25. The molecule has 0 atom stereocenters. The van der Waals surface area contributed by atoms with E-state index in [9.17, 15) is 0 Å². The molecule has 0 aliphatic carbocycles. The maximum atomic E-state index is 6.39. The third-order valence-electron chi connectivity index (χ3n) is 4.38. The predicted molar refractivity (Wildman–Crippen MR) is 118 cm³/mol. The van der Waals surface area contributed by atoms with Crippen LogP contribution >= 0.6 is 11.6 Å². The minimum Gasteiger partial charge on any atom is -0.0837 e. The topological polar surface area (TPSA) is 0 Å². The summed E-state index contributed by atoms with van der Waals surface area (Å²) < 4.78 is 0. The van der Waals surface area contributed by atoms with E-state index in [1.165, 1.54) is 27.8 Å². The first-order valence-corrected chi connectivity index (χ1v) is 9.68. The van der Waals surface area contributed by atoms with Crippen molar-refractivity contribution in [3.8, 4) is 11.1 Å². The van der Waals surface area contributed by atoms with Gasteiger partial charge in [-0.1, -0.05) is 105 Å². The number of hydrogen-bond acceptors (Lipinski definition) is 0. The Balaban J connectivity index is 0.00000117. The maximum absolute atomic E-state index is 6.39. The minimum atomic E-state index is 0.808. The Kier molecular flexibility index (Phi) is 7.69. The molecule has 0 saturated heterocycles. The molecule has 134 valence electrons. The third kappa shape index (κ3) is 4.86. The first-order chi connectivity index (χ1) is 12.7. The summed E-state index contributed by atoms with van der Waals surface area (Å²) in [6.45, 7) is 8.31. The molecule has 0 N–H and O–H groups in total. The van der Waals surface area contributed by atoms with Crippen LogP contribution in [0.25, 0.3) is 23.3 Å².